The summed E-state index contributed by atoms with van der Waals surface area (Å²) in [6, 6.07) is 7.95. The summed E-state index contributed by atoms with van der Waals surface area (Å²) in [6.07, 6.45) is 4.46. The predicted molar refractivity (Wildman–Crippen MR) is 93.9 cm³/mol. The van der Waals surface area contributed by atoms with Crippen molar-refractivity contribution in [1.82, 2.24) is 20.2 Å². The van der Waals surface area contributed by atoms with Gasteiger partial charge in [0.05, 0.1) is 17.6 Å². The van der Waals surface area contributed by atoms with Crippen LogP contribution in [0.15, 0.2) is 24.3 Å². The highest BCUT2D eigenvalue weighted by Gasteiger charge is 2.19. The van der Waals surface area contributed by atoms with E-state index in [1.54, 1.807) is 0 Å². The molecular weight excluding hydrogens is 320 g/mol. The number of fused-ring (bicyclic) bond motifs is 1. The number of methoxy groups -OCH3 is 1. The number of carbonyl (C=O) groups is 2. The van der Waals surface area contributed by atoms with Crippen LogP contribution in [0.1, 0.15) is 31.5 Å². The van der Waals surface area contributed by atoms with Crippen LogP contribution in [-0.2, 0) is 27.4 Å². The second kappa shape index (κ2) is 8.11. The normalized spacial score (nSPS) is 14.8. The van der Waals surface area contributed by atoms with Crippen LogP contribution in [0.5, 0.6) is 0 Å². The van der Waals surface area contributed by atoms with E-state index in [1.807, 2.05) is 28.8 Å². The van der Waals surface area contributed by atoms with Crippen LogP contribution in [0.4, 0.5) is 0 Å². The highest BCUT2D eigenvalue weighted by molar-refractivity contribution is 5.81. The number of nitrogens with one attached hydrogen (secondary N) is 2. The van der Waals surface area contributed by atoms with E-state index < -0.39 is 0 Å². The number of imidazole rings is 1. The Morgan fingerprint density at radius 3 is 2.76 bits per heavy atom. The maximum atomic E-state index is 12.4. The first-order valence-electron chi connectivity index (χ1n) is 8.66. The SMILES string of the molecule is COCC(=O)NCc1nc2ccccc2n1CC(=O)NC1CCCC1. The van der Waals surface area contributed by atoms with Gasteiger partial charge in [0.15, 0.2) is 0 Å². The monoisotopic (exact) mass is 344 g/mol. The van der Waals surface area contributed by atoms with Crippen LogP contribution in [0, 0.1) is 0 Å². The van der Waals surface area contributed by atoms with E-state index in [0.717, 1.165) is 23.9 Å². The molecule has 25 heavy (non-hydrogen) atoms. The molecule has 1 aliphatic rings. The lowest BCUT2D eigenvalue weighted by Crippen LogP contribution is -2.36. The summed E-state index contributed by atoms with van der Waals surface area (Å²) < 4.78 is 6.68. The zero-order chi connectivity index (χ0) is 17.6. The summed E-state index contributed by atoms with van der Waals surface area (Å²) in [5, 5.41) is 5.87. The van der Waals surface area contributed by atoms with E-state index in [4.69, 9.17) is 4.74 Å². The van der Waals surface area contributed by atoms with Gasteiger partial charge in [-0.2, -0.15) is 0 Å². The number of aromatic nitrogens is 2. The summed E-state index contributed by atoms with van der Waals surface area (Å²) in [4.78, 5) is 28.6. The molecule has 2 N–H and O–H groups in total. The van der Waals surface area contributed by atoms with Gasteiger partial charge in [-0.3, -0.25) is 9.59 Å². The number of para-hydroxylation sites is 2. The molecule has 7 heteroatoms. The minimum Gasteiger partial charge on any atom is -0.375 e. The van der Waals surface area contributed by atoms with E-state index in [1.165, 1.54) is 20.0 Å². The average Bonchev–Trinajstić information content (AvgIpc) is 3.22. The second-order valence-electron chi connectivity index (χ2n) is 6.36. The molecule has 134 valence electrons. The predicted octanol–water partition coefficient (Wildman–Crippen LogP) is 1.36. The summed E-state index contributed by atoms with van der Waals surface area (Å²) in [5.74, 6) is 0.434. The topological polar surface area (TPSA) is 85.2 Å². The Hall–Kier alpha value is -2.41. The minimum atomic E-state index is -0.212. The number of carbonyl (C=O) groups excluding carboxylic acids is 2. The van der Waals surface area contributed by atoms with Gasteiger partial charge in [0.1, 0.15) is 19.0 Å². The fraction of sp³-hybridized carbons (Fsp3) is 0.500. The van der Waals surface area contributed by atoms with Crippen LogP contribution in [0.25, 0.3) is 11.0 Å². The minimum absolute atomic E-state index is 0.00238. The molecule has 0 bridgehead atoms. The molecule has 0 atom stereocenters. The number of nitrogens with zero attached hydrogens (tertiary/aromatic N) is 2. The molecule has 2 amide bonds. The number of ether oxygens (including phenoxy) is 1. The third kappa shape index (κ3) is 4.36. The zero-order valence-electron chi connectivity index (χ0n) is 14.5. The largest absolute Gasteiger partial charge is 0.375 e. The van der Waals surface area contributed by atoms with E-state index in [0.29, 0.717) is 5.82 Å². The molecule has 0 aliphatic heterocycles. The maximum Gasteiger partial charge on any atom is 0.246 e. The highest BCUT2D eigenvalue weighted by atomic mass is 16.5. The van der Waals surface area contributed by atoms with E-state index in [-0.39, 0.29) is 37.6 Å². The Balaban J connectivity index is 1.75. The Bertz CT molecular complexity index is 750. The quantitative estimate of drug-likeness (QED) is 0.794. The molecule has 0 radical (unpaired) electrons. The highest BCUT2D eigenvalue weighted by Crippen LogP contribution is 2.19. The lowest BCUT2D eigenvalue weighted by atomic mass is 10.2. The van der Waals surface area contributed by atoms with Gasteiger partial charge in [-0.15, -0.1) is 0 Å². The maximum absolute atomic E-state index is 12.4. The number of rotatable bonds is 7. The van der Waals surface area contributed by atoms with Crippen molar-refractivity contribution in [3.63, 3.8) is 0 Å². The van der Waals surface area contributed by atoms with Gasteiger partial charge in [-0.05, 0) is 25.0 Å². The average molecular weight is 344 g/mol. The van der Waals surface area contributed by atoms with Crippen molar-refractivity contribution in [2.24, 2.45) is 0 Å². The molecule has 1 aliphatic carbocycles. The van der Waals surface area contributed by atoms with Crippen molar-refractivity contribution in [3.05, 3.63) is 30.1 Å². The van der Waals surface area contributed by atoms with Crippen molar-refractivity contribution in [2.45, 2.75) is 44.8 Å². The van der Waals surface area contributed by atoms with E-state index in [9.17, 15) is 9.59 Å². The Morgan fingerprint density at radius 2 is 2.00 bits per heavy atom. The van der Waals surface area contributed by atoms with Gasteiger partial charge in [-0.25, -0.2) is 4.98 Å². The molecule has 7 nitrogen and oxygen atoms in total. The van der Waals surface area contributed by atoms with E-state index in [2.05, 4.69) is 15.6 Å². The van der Waals surface area contributed by atoms with Gasteiger partial charge < -0.3 is 19.9 Å². The lowest BCUT2D eigenvalue weighted by molar-refractivity contribution is -0.125. The van der Waals surface area contributed by atoms with Crippen molar-refractivity contribution >= 4 is 22.8 Å². The third-order valence-electron chi connectivity index (χ3n) is 4.47. The Labute approximate surface area is 146 Å². The fourth-order valence-electron chi connectivity index (χ4n) is 3.28. The smallest absolute Gasteiger partial charge is 0.246 e. The third-order valence-corrected chi connectivity index (χ3v) is 4.47. The van der Waals surface area contributed by atoms with Gasteiger partial charge in [0.2, 0.25) is 11.8 Å². The van der Waals surface area contributed by atoms with Crippen molar-refractivity contribution in [1.29, 1.82) is 0 Å². The molecule has 0 saturated heterocycles. The standard InChI is InChI=1S/C18H24N4O3/c1-25-12-18(24)19-10-16-21-14-8-4-5-9-15(14)22(16)11-17(23)20-13-6-2-3-7-13/h4-5,8-9,13H,2-3,6-7,10-12H2,1H3,(H,19,24)(H,20,23). The molecule has 2 aromatic rings. The summed E-state index contributed by atoms with van der Waals surface area (Å²) in [5.41, 5.74) is 1.70. The second-order valence-corrected chi connectivity index (χ2v) is 6.36. The van der Waals surface area contributed by atoms with Gasteiger partial charge in [0.25, 0.3) is 0 Å². The summed E-state index contributed by atoms with van der Waals surface area (Å²) in [7, 11) is 1.47. The van der Waals surface area contributed by atoms with Crippen LogP contribution in [0.3, 0.4) is 0 Å². The van der Waals surface area contributed by atoms with Crippen LogP contribution >= 0.6 is 0 Å². The number of amides is 2. The Kier molecular flexibility index (Phi) is 5.65. The molecule has 0 spiro atoms. The molecule has 1 fully saturated rings. The first-order valence-corrected chi connectivity index (χ1v) is 8.66. The van der Waals surface area contributed by atoms with Crippen LogP contribution < -0.4 is 10.6 Å². The molecule has 0 unspecified atom stereocenters. The van der Waals surface area contributed by atoms with Gasteiger partial charge in [0, 0.05) is 13.2 Å². The number of benzene rings is 1. The van der Waals surface area contributed by atoms with E-state index >= 15 is 0 Å². The van der Waals surface area contributed by atoms with Gasteiger partial charge in [-0.1, -0.05) is 25.0 Å². The first-order chi connectivity index (χ1) is 12.2. The number of hydrogen-bond donors (Lipinski definition) is 2. The Morgan fingerprint density at radius 1 is 1.24 bits per heavy atom. The van der Waals surface area contributed by atoms with Crippen molar-refractivity contribution in [3.8, 4) is 0 Å². The molecular formula is C18H24N4O3. The summed E-state index contributed by atoms with van der Waals surface area (Å²) >= 11 is 0. The summed E-state index contributed by atoms with van der Waals surface area (Å²) in [6.45, 7) is 0.461. The molecule has 3 rings (SSSR count). The molecule has 1 aromatic heterocycles. The van der Waals surface area contributed by atoms with Crippen LogP contribution in [-0.4, -0.2) is 41.1 Å². The van der Waals surface area contributed by atoms with Crippen LogP contribution in [0.2, 0.25) is 0 Å². The molecule has 1 heterocycles. The molecule has 1 saturated carbocycles. The van der Waals surface area contributed by atoms with Crippen molar-refractivity contribution < 1.29 is 14.3 Å². The number of hydrogen-bond acceptors (Lipinski definition) is 4. The van der Waals surface area contributed by atoms with Crippen molar-refractivity contribution in [2.75, 3.05) is 13.7 Å². The fourth-order valence-corrected chi connectivity index (χ4v) is 3.28. The lowest BCUT2D eigenvalue weighted by Gasteiger charge is -2.14. The van der Waals surface area contributed by atoms with Gasteiger partial charge >= 0.3 is 0 Å². The first kappa shape index (κ1) is 17.4. The molecule has 1 aromatic carbocycles. The zero-order valence-corrected chi connectivity index (χ0v) is 14.5.